The van der Waals surface area contributed by atoms with Crippen LogP contribution in [-0.4, -0.2) is 9.97 Å². The summed E-state index contributed by atoms with van der Waals surface area (Å²) in [5.74, 6) is 0. The zero-order valence-electron chi connectivity index (χ0n) is 9.68. The van der Waals surface area contributed by atoms with Crippen molar-refractivity contribution >= 4 is 22.5 Å². The van der Waals surface area contributed by atoms with Gasteiger partial charge in [-0.3, -0.25) is 9.97 Å². The number of para-hydroxylation sites is 1. The van der Waals surface area contributed by atoms with Crippen molar-refractivity contribution in [2.24, 2.45) is 0 Å². The van der Waals surface area contributed by atoms with Gasteiger partial charge in [-0.15, -0.1) is 0 Å². The van der Waals surface area contributed by atoms with Gasteiger partial charge in [-0.1, -0.05) is 35.9 Å². The fraction of sp³-hybridized carbons (Fsp3) is 0.0667. The first-order chi connectivity index (χ1) is 8.81. The number of pyridine rings is 2. The molecule has 0 aliphatic carbocycles. The van der Waals surface area contributed by atoms with Crippen LogP contribution >= 0.6 is 11.6 Å². The molecule has 0 aliphatic rings. The van der Waals surface area contributed by atoms with E-state index in [0.29, 0.717) is 5.02 Å². The van der Waals surface area contributed by atoms with Gasteiger partial charge >= 0.3 is 0 Å². The quantitative estimate of drug-likeness (QED) is 0.694. The Hall–Kier alpha value is -1.93. The SMILES string of the molecule is Clc1cncc(Cc2ccc3ccccc3n2)c1. The second-order valence-electron chi connectivity index (χ2n) is 4.18. The topological polar surface area (TPSA) is 25.8 Å². The normalized spacial score (nSPS) is 10.7. The zero-order chi connectivity index (χ0) is 12.4. The molecule has 0 N–H and O–H groups in total. The van der Waals surface area contributed by atoms with Gasteiger partial charge in [0.2, 0.25) is 0 Å². The maximum absolute atomic E-state index is 5.92. The van der Waals surface area contributed by atoms with E-state index in [1.165, 1.54) is 0 Å². The number of rotatable bonds is 2. The lowest BCUT2D eigenvalue weighted by molar-refractivity contribution is 1.08. The second-order valence-corrected chi connectivity index (χ2v) is 4.62. The Morgan fingerprint density at radius 2 is 1.89 bits per heavy atom. The highest BCUT2D eigenvalue weighted by molar-refractivity contribution is 6.30. The maximum atomic E-state index is 5.92. The molecule has 0 amide bonds. The smallest absolute Gasteiger partial charge is 0.0705 e. The summed E-state index contributed by atoms with van der Waals surface area (Å²) in [6, 6.07) is 14.2. The van der Waals surface area contributed by atoms with E-state index in [2.05, 4.69) is 22.1 Å². The lowest BCUT2D eigenvalue weighted by Crippen LogP contribution is -1.93. The molecular formula is C15H11ClN2. The highest BCUT2D eigenvalue weighted by Crippen LogP contribution is 2.15. The molecule has 0 radical (unpaired) electrons. The first-order valence-corrected chi connectivity index (χ1v) is 6.13. The van der Waals surface area contributed by atoms with Gasteiger partial charge in [-0.05, 0) is 23.8 Å². The molecule has 3 heteroatoms. The number of hydrogen-bond acceptors (Lipinski definition) is 2. The van der Waals surface area contributed by atoms with Crippen molar-refractivity contribution in [2.45, 2.75) is 6.42 Å². The number of aromatic nitrogens is 2. The average Bonchev–Trinajstić information content (AvgIpc) is 2.39. The Labute approximate surface area is 110 Å². The fourth-order valence-corrected chi connectivity index (χ4v) is 2.16. The molecule has 3 aromatic rings. The summed E-state index contributed by atoms with van der Waals surface area (Å²) in [5, 5.41) is 1.82. The standard InChI is InChI=1S/C15H11ClN2/c16-13-7-11(9-17-10-13)8-14-6-5-12-3-1-2-4-15(12)18-14/h1-7,9-10H,8H2. The average molecular weight is 255 g/mol. The van der Waals surface area contributed by atoms with Crippen LogP contribution in [0.3, 0.4) is 0 Å². The first kappa shape index (κ1) is 11.2. The highest BCUT2D eigenvalue weighted by Gasteiger charge is 2.01. The van der Waals surface area contributed by atoms with Crippen LogP contribution in [0.1, 0.15) is 11.3 Å². The molecule has 2 aromatic heterocycles. The Kier molecular flexibility index (Phi) is 2.95. The van der Waals surface area contributed by atoms with Crippen LogP contribution in [0.2, 0.25) is 5.02 Å². The molecule has 2 nitrogen and oxygen atoms in total. The molecule has 0 fully saturated rings. The first-order valence-electron chi connectivity index (χ1n) is 5.75. The summed E-state index contributed by atoms with van der Waals surface area (Å²) in [6.07, 6.45) is 4.21. The van der Waals surface area contributed by atoms with Crippen molar-refractivity contribution in [2.75, 3.05) is 0 Å². The van der Waals surface area contributed by atoms with Gasteiger partial charge in [-0.2, -0.15) is 0 Å². The lowest BCUT2D eigenvalue weighted by Gasteiger charge is -2.03. The highest BCUT2D eigenvalue weighted by atomic mass is 35.5. The maximum Gasteiger partial charge on any atom is 0.0705 e. The molecule has 0 atom stereocenters. The van der Waals surface area contributed by atoms with Gasteiger partial charge < -0.3 is 0 Å². The van der Waals surface area contributed by atoms with Crippen molar-refractivity contribution in [1.82, 2.24) is 9.97 Å². The predicted octanol–water partition coefficient (Wildman–Crippen LogP) is 3.87. The molecule has 0 spiro atoms. The van der Waals surface area contributed by atoms with E-state index in [1.54, 1.807) is 6.20 Å². The molecule has 1 aromatic carbocycles. The molecule has 0 aliphatic heterocycles. The molecule has 3 rings (SSSR count). The van der Waals surface area contributed by atoms with E-state index in [9.17, 15) is 0 Å². The minimum Gasteiger partial charge on any atom is -0.263 e. The van der Waals surface area contributed by atoms with E-state index >= 15 is 0 Å². The van der Waals surface area contributed by atoms with Gasteiger partial charge in [-0.25, -0.2) is 0 Å². The number of nitrogens with zero attached hydrogens (tertiary/aromatic N) is 2. The molecule has 0 unspecified atom stereocenters. The molecule has 0 saturated carbocycles. The van der Waals surface area contributed by atoms with Crippen LogP contribution in [0, 0.1) is 0 Å². The monoisotopic (exact) mass is 254 g/mol. The Bertz CT molecular complexity index is 695. The zero-order valence-corrected chi connectivity index (χ0v) is 10.4. The summed E-state index contributed by atoms with van der Waals surface area (Å²) < 4.78 is 0. The summed E-state index contributed by atoms with van der Waals surface area (Å²) in [6.45, 7) is 0. The predicted molar refractivity (Wildman–Crippen MR) is 73.8 cm³/mol. The van der Waals surface area contributed by atoms with E-state index in [0.717, 1.165) is 28.6 Å². The third-order valence-corrected chi connectivity index (χ3v) is 3.01. The van der Waals surface area contributed by atoms with Crippen LogP contribution in [0.5, 0.6) is 0 Å². The number of halogens is 1. The second kappa shape index (κ2) is 4.75. The van der Waals surface area contributed by atoms with Gasteiger partial charge in [0.1, 0.15) is 0 Å². The van der Waals surface area contributed by atoms with E-state index in [4.69, 9.17) is 11.6 Å². The van der Waals surface area contributed by atoms with Crippen LogP contribution in [0.15, 0.2) is 54.9 Å². The Balaban J connectivity index is 1.95. The molecule has 2 heterocycles. The van der Waals surface area contributed by atoms with Crippen molar-refractivity contribution in [3.05, 3.63) is 71.1 Å². The molecule has 0 saturated heterocycles. The molecule has 88 valence electrons. The van der Waals surface area contributed by atoms with Crippen LogP contribution in [0.4, 0.5) is 0 Å². The molecule has 0 bridgehead atoms. The lowest BCUT2D eigenvalue weighted by atomic mass is 10.1. The summed E-state index contributed by atoms with van der Waals surface area (Å²) >= 11 is 5.92. The largest absolute Gasteiger partial charge is 0.263 e. The number of hydrogen-bond donors (Lipinski definition) is 0. The minimum atomic E-state index is 0.660. The van der Waals surface area contributed by atoms with E-state index < -0.39 is 0 Å². The van der Waals surface area contributed by atoms with Crippen molar-refractivity contribution in [1.29, 1.82) is 0 Å². The van der Waals surface area contributed by atoms with Crippen LogP contribution in [-0.2, 0) is 6.42 Å². The van der Waals surface area contributed by atoms with Gasteiger partial charge in [0.05, 0.1) is 10.5 Å². The number of benzene rings is 1. The van der Waals surface area contributed by atoms with Gasteiger partial charge in [0.15, 0.2) is 0 Å². The molecule has 18 heavy (non-hydrogen) atoms. The number of fused-ring (bicyclic) bond motifs is 1. The minimum absolute atomic E-state index is 0.660. The third-order valence-electron chi connectivity index (χ3n) is 2.80. The third kappa shape index (κ3) is 2.34. The Morgan fingerprint density at radius 1 is 1.00 bits per heavy atom. The van der Waals surface area contributed by atoms with Gasteiger partial charge in [0.25, 0.3) is 0 Å². The van der Waals surface area contributed by atoms with Gasteiger partial charge in [0, 0.05) is 29.9 Å². The van der Waals surface area contributed by atoms with E-state index in [1.807, 2.05) is 36.5 Å². The van der Waals surface area contributed by atoms with Crippen LogP contribution in [0.25, 0.3) is 10.9 Å². The van der Waals surface area contributed by atoms with Crippen molar-refractivity contribution in [3.8, 4) is 0 Å². The summed E-state index contributed by atoms with van der Waals surface area (Å²) in [7, 11) is 0. The summed E-state index contributed by atoms with van der Waals surface area (Å²) in [5.41, 5.74) is 3.12. The summed E-state index contributed by atoms with van der Waals surface area (Å²) in [4.78, 5) is 8.71. The van der Waals surface area contributed by atoms with E-state index in [-0.39, 0.29) is 0 Å². The van der Waals surface area contributed by atoms with Crippen molar-refractivity contribution in [3.63, 3.8) is 0 Å². The van der Waals surface area contributed by atoms with Crippen molar-refractivity contribution < 1.29 is 0 Å². The molecular weight excluding hydrogens is 244 g/mol. The Morgan fingerprint density at radius 3 is 2.78 bits per heavy atom. The van der Waals surface area contributed by atoms with Crippen LogP contribution < -0.4 is 0 Å². The fourth-order valence-electron chi connectivity index (χ4n) is 1.97.